The second kappa shape index (κ2) is 4.94. The molecule has 0 bridgehead atoms. The zero-order valence-electron chi connectivity index (χ0n) is 11.8. The van der Waals surface area contributed by atoms with E-state index in [1.807, 2.05) is 20.8 Å². The quantitative estimate of drug-likeness (QED) is 0.825. The van der Waals surface area contributed by atoms with Gasteiger partial charge >= 0.3 is 0 Å². The van der Waals surface area contributed by atoms with Crippen LogP contribution in [0.3, 0.4) is 0 Å². The Kier molecular flexibility index (Phi) is 4.76. The largest absolute Gasteiger partial charge is 0.350 e. The first-order chi connectivity index (χ1) is 7.23. The third-order valence-electron chi connectivity index (χ3n) is 1.95. The minimum atomic E-state index is -3.40. The van der Waals surface area contributed by atoms with Crippen molar-refractivity contribution >= 4 is 15.9 Å². The third-order valence-corrected chi connectivity index (χ3v) is 3.43. The SMILES string of the molecule is CC(C)(C)NC(=O)CN(C(C)(C)C)S(C)(=O)=O. The molecule has 0 saturated heterocycles. The number of rotatable bonds is 3. The summed E-state index contributed by atoms with van der Waals surface area (Å²) in [5, 5.41) is 2.75. The highest BCUT2D eigenvalue weighted by Gasteiger charge is 2.32. The van der Waals surface area contributed by atoms with Gasteiger partial charge in [-0.15, -0.1) is 0 Å². The zero-order chi connectivity index (χ0) is 14.1. The van der Waals surface area contributed by atoms with Crippen molar-refractivity contribution in [3.8, 4) is 0 Å². The molecule has 0 aliphatic heterocycles. The summed E-state index contributed by atoms with van der Waals surface area (Å²) in [5.74, 6) is -0.294. The lowest BCUT2D eigenvalue weighted by Crippen LogP contribution is -2.52. The summed E-state index contributed by atoms with van der Waals surface area (Å²) in [6.45, 7) is 10.7. The minimum Gasteiger partial charge on any atom is -0.350 e. The van der Waals surface area contributed by atoms with Crippen LogP contribution < -0.4 is 5.32 Å². The Morgan fingerprint density at radius 2 is 1.53 bits per heavy atom. The number of carbonyl (C=O) groups is 1. The van der Waals surface area contributed by atoms with Crippen LogP contribution in [-0.4, -0.2) is 42.5 Å². The molecule has 0 heterocycles. The Labute approximate surface area is 105 Å². The number of amides is 1. The van der Waals surface area contributed by atoms with Gasteiger partial charge in [0.25, 0.3) is 0 Å². The topological polar surface area (TPSA) is 66.5 Å². The molecule has 0 atom stereocenters. The number of hydrogen-bond acceptors (Lipinski definition) is 3. The standard InChI is InChI=1S/C11H24N2O3S/c1-10(2,3)12-9(14)8-13(11(4,5)6)17(7,15)16/h8H2,1-7H3,(H,12,14). The Morgan fingerprint density at radius 1 is 1.12 bits per heavy atom. The lowest BCUT2D eigenvalue weighted by Gasteiger charge is -2.33. The van der Waals surface area contributed by atoms with E-state index in [1.165, 1.54) is 4.31 Å². The van der Waals surface area contributed by atoms with Crippen molar-refractivity contribution in [2.75, 3.05) is 12.8 Å². The number of sulfonamides is 1. The van der Waals surface area contributed by atoms with Gasteiger partial charge in [-0.1, -0.05) is 0 Å². The average Bonchev–Trinajstić information content (AvgIpc) is 1.91. The van der Waals surface area contributed by atoms with E-state index in [0.717, 1.165) is 6.26 Å². The molecule has 5 nitrogen and oxygen atoms in total. The van der Waals surface area contributed by atoms with Crippen LogP contribution in [0.2, 0.25) is 0 Å². The van der Waals surface area contributed by atoms with E-state index in [4.69, 9.17) is 0 Å². The smallest absolute Gasteiger partial charge is 0.235 e. The number of nitrogens with zero attached hydrogens (tertiary/aromatic N) is 1. The van der Waals surface area contributed by atoms with Gasteiger partial charge in [-0.2, -0.15) is 4.31 Å². The maximum absolute atomic E-state index is 11.7. The van der Waals surface area contributed by atoms with Gasteiger partial charge in [0.15, 0.2) is 0 Å². The van der Waals surface area contributed by atoms with Crippen LogP contribution in [0, 0.1) is 0 Å². The highest BCUT2D eigenvalue weighted by molar-refractivity contribution is 7.88. The van der Waals surface area contributed by atoms with E-state index in [-0.39, 0.29) is 18.0 Å². The Morgan fingerprint density at radius 3 is 1.76 bits per heavy atom. The van der Waals surface area contributed by atoms with Crippen LogP contribution in [0.4, 0.5) is 0 Å². The van der Waals surface area contributed by atoms with Crippen molar-refractivity contribution in [1.29, 1.82) is 0 Å². The molecule has 0 saturated carbocycles. The van der Waals surface area contributed by atoms with Crippen molar-refractivity contribution in [3.05, 3.63) is 0 Å². The second-order valence-corrected chi connectivity index (χ2v) is 8.15. The predicted octanol–water partition coefficient (Wildman–Crippen LogP) is 0.961. The monoisotopic (exact) mass is 264 g/mol. The lowest BCUT2D eigenvalue weighted by atomic mass is 10.1. The number of hydrogen-bond donors (Lipinski definition) is 1. The molecule has 6 heteroatoms. The van der Waals surface area contributed by atoms with Crippen LogP contribution in [0.25, 0.3) is 0 Å². The summed E-state index contributed by atoms with van der Waals surface area (Å²) >= 11 is 0. The zero-order valence-corrected chi connectivity index (χ0v) is 12.6. The first-order valence-electron chi connectivity index (χ1n) is 5.52. The summed E-state index contributed by atoms with van der Waals surface area (Å²) in [4.78, 5) is 11.7. The molecule has 1 amide bonds. The predicted molar refractivity (Wildman–Crippen MR) is 69.2 cm³/mol. The first-order valence-corrected chi connectivity index (χ1v) is 7.37. The fourth-order valence-electron chi connectivity index (χ4n) is 1.44. The molecule has 102 valence electrons. The normalized spacial score (nSPS) is 13.9. The van der Waals surface area contributed by atoms with E-state index >= 15 is 0 Å². The molecule has 0 aliphatic rings. The van der Waals surface area contributed by atoms with Gasteiger partial charge in [-0.25, -0.2) is 8.42 Å². The van der Waals surface area contributed by atoms with Crippen LogP contribution in [0.5, 0.6) is 0 Å². The van der Waals surface area contributed by atoms with Crippen molar-refractivity contribution in [2.45, 2.75) is 52.6 Å². The molecule has 0 aromatic carbocycles. The fraction of sp³-hybridized carbons (Fsp3) is 0.909. The first kappa shape index (κ1) is 16.4. The van der Waals surface area contributed by atoms with Gasteiger partial charge in [0, 0.05) is 11.1 Å². The molecule has 0 rings (SSSR count). The molecular formula is C11H24N2O3S. The molecule has 0 aromatic heterocycles. The van der Waals surface area contributed by atoms with E-state index in [9.17, 15) is 13.2 Å². The highest BCUT2D eigenvalue weighted by Crippen LogP contribution is 2.16. The van der Waals surface area contributed by atoms with Crippen molar-refractivity contribution < 1.29 is 13.2 Å². The number of nitrogens with one attached hydrogen (secondary N) is 1. The number of carbonyl (C=O) groups excluding carboxylic acids is 1. The Hall–Kier alpha value is -0.620. The van der Waals surface area contributed by atoms with Crippen molar-refractivity contribution in [2.24, 2.45) is 0 Å². The van der Waals surface area contributed by atoms with Gasteiger partial charge < -0.3 is 5.32 Å². The van der Waals surface area contributed by atoms with Gasteiger partial charge in [0.1, 0.15) is 0 Å². The molecule has 0 spiro atoms. The maximum atomic E-state index is 11.7. The molecular weight excluding hydrogens is 240 g/mol. The minimum absolute atomic E-state index is 0.153. The van der Waals surface area contributed by atoms with Crippen LogP contribution in [0.15, 0.2) is 0 Å². The Balaban J connectivity index is 4.88. The third kappa shape index (κ3) is 6.63. The molecule has 0 aliphatic carbocycles. The van der Waals surface area contributed by atoms with Crippen molar-refractivity contribution in [3.63, 3.8) is 0 Å². The van der Waals surface area contributed by atoms with Gasteiger partial charge in [-0.05, 0) is 41.5 Å². The highest BCUT2D eigenvalue weighted by atomic mass is 32.2. The van der Waals surface area contributed by atoms with Crippen molar-refractivity contribution in [1.82, 2.24) is 9.62 Å². The van der Waals surface area contributed by atoms with E-state index in [2.05, 4.69) is 5.32 Å². The molecule has 0 aromatic rings. The summed E-state index contributed by atoms with van der Waals surface area (Å²) in [7, 11) is -3.40. The van der Waals surface area contributed by atoms with Gasteiger partial charge in [0.2, 0.25) is 15.9 Å². The van der Waals surface area contributed by atoms with E-state index in [1.54, 1.807) is 20.8 Å². The van der Waals surface area contributed by atoms with Gasteiger partial charge in [0.05, 0.1) is 12.8 Å². The van der Waals surface area contributed by atoms with Crippen LogP contribution >= 0.6 is 0 Å². The van der Waals surface area contributed by atoms with E-state index in [0.29, 0.717) is 0 Å². The summed E-state index contributed by atoms with van der Waals surface area (Å²) in [6, 6.07) is 0. The Bertz CT molecular complexity index is 375. The summed E-state index contributed by atoms with van der Waals surface area (Å²) in [6.07, 6.45) is 1.11. The molecule has 0 radical (unpaired) electrons. The lowest BCUT2D eigenvalue weighted by molar-refractivity contribution is -0.123. The second-order valence-electron chi connectivity index (χ2n) is 6.24. The molecule has 1 N–H and O–H groups in total. The molecule has 17 heavy (non-hydrogen) atoms. The van der Waals surface area contributed by atoms with Crippen LogP contribution in [0.1, 0.15) is 41.5 Å². The maximum Gasteiger partial charge on any atom is 0.235 e. The fourth-order valence-corrected chi connectivity index (χ4v) is 2.79. The van der Waals surface area contributed by atoms with Gasteiger partial charge in [-0.3, -0.25) is 4.79 Å². The molecule has 0 fully saturated rings. The van der Waals surface area contributed by atoms with E-state index < -0.39 is 15.6 Å². The van der Waals surface area contributed by atoms with Crippen LogP contribution in [-0.2, 0) is 14.8 Å². The average molecular weight is 264 g/mol. The summed E-state index contributed by atoms with van der Waals surface area (Å²) < 4.78 is 24.4. The molecule has 0 unspecified atom stereocenters. The summed E-state index contributed by atoms with van der Waals surface area (Å²) in [5.41, 5.74) is -0.971.